The summed E-state index contributed by atoms with van der Waals surface area (Å²) in [4.78, 5) is 1.34. The third-order valence-electron chi connectivity index (χ3n) is 3.36. The molecule has 0 bridgehead atoms. The lowest BCUT2D eigenvalue weighted by Gasteiger charge is -2.20. The standard InChI is InChI=1S/C16H21NO2S/c1-5-17-16(13-8-9-20-11(13)2)12-6-7-14(18-3)15(10-12)19-4/h6-10,16-17H,5H2,1-4H3. The molecule has 2 aromatic rings. The molecule has 0 aliphatic heterocycles. The minimum atomic E-state index is 0.186. The fraction of sp³-hybridized carbons (Fsp3) is 0.375. The van der Waals surface area contributed by atoms with Gasteiger partial charge in [-0.05, 0) is 48.2 Å². The summed E-state index contributed by atoms with van der Waals surface area (Å²) in [5.41, 5.74) is 2.51. The summed E-state index contributed by atoms with van der Waals surface area (Å²) < 4.78 is 10.7. The summed E-state index contributed by atoms with van der Waals surface area (Å²) in [7, 11) is 3.32. The van der Waals surface area contributed by atoms with Gasteiger partial charge in [0.2, 0.25) is 0 Å². The largest absolute Gasteiger partial charge is 0.493 e. The fourth-order valence-electron chi connectivity index (χ4n) is 2.34. The van der Waals surface area contributed by atoms with Crippen LogP contribution >= 0.6 is 11.3 Å². The van der Waals surface area contributed by atoms with Crippen LogP contribution in [0, 0.1) is 6.92 Å². The van der Waals surface area contributed by atoms with Gasteiger partial charge in [0.25, 0.3) is 0 Å². The first-order valence-corrected chi connectivity index (χ1v) is 7.58. The van der Waals surface area contributed by atoms with E-state index in [4.69, 9.17) is 9.47 Å². The van der Waals surface area contributed by atoms with Gasteiger partial charge in [0.1, 0.15) is 0 Å². The van der Waals surface area contributed by atoms with Crippen LogP contribution in [0.15, 0.2) is 29.6 Å². The molecule has 0 amide bonds. The van der Waals surface area contributed by atoms with Gasteiger partial charge < -0.3 is 14.8 Å². The first-order valence-electron chi connectivity index (χ1n) is 6.70. The molecule has 0 saturated heterocycles. The molecule has 4 heteroatoms. The molecule has 1 atom stereocenters. The van der Waals surface area contributed by atoms with Gasteiger partial charge in [-0.1, -0.05) is 13.0 Å². The number of methoxy groups -OCH3 is 2. The van der Waals surface area contributed by atoms with Crippen molar-refractivity contribution in [2.45, 2.75) is 19.9 Å². The lowest BCUT2D eigenvalue weighted by molar-refractivity contribution is 0.354. The maximum atomic E-state index is 5.40. The Labute approximate surface area is 124 Å². The Kier molecular flexibility index (Phi) is 5.04. The number of hydrogen-bond acceptors (Lipinski definition) is 4. The SMILES string of the molecule is CCNC(c1ccc(OC)c(OC)c1)c1ccsc1C. The molecule has 20 heavy (non-hydrogen) atoms. The highest BCUT2D eigenvalue weighted by Crippen LogP contribution is 2.34. The van der Waals surface area contributed by atoms with Crippen LogP contribution in [-0.2, 0) is 0 Å². The van der Waals surface area contributed by atoms with Gasteiger partial charge in [0.05, 0.1) is 20.3 Å². The number of benzene rings is 1. The van der Waals surface area contributed by atoms with Crippen molar-refractivity contribution in [3.8, 4) is 11.5 Å². The molecule has 3 nitrogen and oxygen atoms in total. The molecule has 0 saturated carbocycles. The average molecular weight is 291 g/mol. The highest BCUT2D eigenvalue weighted by atomic mass is 32.1. The number of nitrogens with one attached hydrogen (secondary N) is 1. The van der Waals surface area contributed by atoms with Crippen LogP contribution in [0.3, 0.4) is 0 Å². The predicted octanol–water partition coefficient (Wildman–Crippen LogP) is 3.77. The van der Waals surface area contributed by atoms with E-state index in [2.05, 4.69) is 36.7 Å². The molecule has 0 aliphatic carbocycles. The molecule has 1 heterocycles. The molecule has 0 spiro atoms. The van der Waals surface area contributed by atoms with Crippen molar-refractivity contribution in [2.75, 3.05) is 20.8 Å². The van der Waals surface area contributed by atoms with Gasteiger partial charge in [-0.3, -0.25) is 0 Å². The molecular formula is C16H21NO2S. The van der Waals surface area contributed by atoms with Crippen molar-refractivity contribution >= 4 is 11.3 Å². The summed E-state index contributed by atoms with van der Waals surface area (Å²) in [6, 6.07) is 8.46. The molecule has 2 rings (SSSR count). The lowest BCUT2D eigenvalue weighted by atomic mass is 9.99. The van der Waals surface area contributed by atoms with E-state index in [1.54, 1.807) is 25.6 Å². The second-order valence-electron chi connectivity index (χ2n) is 4.54. The Hall–Kier alpha value is -1.52. The highest BCUT2D eigenvalue weighted by Gasteiger charge is 2.17. The zero-order valence-corrected chi connectivity index (χ0v) is 13.2. The van der Waals surface area contributed by atoms with Crippen molar-refractivity contribution in [3.05, 3.63) is 45.6 Å². The van der Waals surface area contributed by atoms with Gasteiger partial charge in [-0.25, -0.2) is 0 Å². The van der Waals surface area contributed by atoms with Gasteiger partial charge in [-0.2, -0.15) is 0 Å². The minimum absolute atomic E-state index is 0.186. The van der Waals surface area contributed by atoms with Crippen molar-refractivity contribution in [3.63, 3.8) is 0 Å². The third kappa shape index (κ3) is 2.97. The van der Waals surface area contributed by atoms with Gasteiger partial charge in [0.15, 0.2) is 11.5 Å². The number of hydrogen-bond donors (Lipinski definition) is 1. The normalized spacial score (nSPS) is 12.2. The Morgan fingerprint density at radius 1 is 1.15 bits per heavy atom. The second kappa shape index (κ2) is 6.77. The predicted molar refractivity (Wildman–Crippen MR) is 84.1 cm³/mol. The summed E-state index contributed by atoms with van der Waals surface area (Å²) >= 11 is 1.77. The van der Waals surface area contributed by atoms with Crippen LogP contribution in [0.4, 0.5) is 0 Å². The topological polar surface area (TPSA) is 30.5 Å². The van der Waals surface area contributed by atoms with E-state index < -0.39 is 0 Å². The lowest BCUT2D eigenvalue weighted by Crippen LogP contribution is -2.22. The Morgan fingerprint density at radius 3 is 2.45 bits per heavy atom. The average Bonchev–Trinajstić information content (AvgIpc) is 2.90. The maximum Gasteiger partial charge on any atom is 0.161 e. The number of ether oxygens (including phenoxy) is 2. The van der Waals surface area contributed by atoms with E-state index in [-0.39, 0.29) is 6.04 Å². The number of thiophene rings is 1. The van der Waals surface area contributed by atoms with Crippen molar-refractivity contribution < 1.29 is 9.47 Å². The summed E-state index contributed by atoms with van der Waals surface area (Å²) in [6.07, 6.45) is 0. The van der Waals surface area contributed by atoms with Crippen LogP contribution in [0.5, 0.6) is 11.5 Å². The van der Waals surface area contributed by atoms with Crippen molar-refractivity contribution in [1.29, 1.82) is 0 Å². The van der Waals surface area contributed by atoms with E-state index in [1.807, 2.05) is 12.1 Å². The third-order valence-corrected chi connectivity index (χ3v) is 4.22. The fourth-order valence-corrected chi connectivity index (χ4v) is 3.08. The zero-order valence-electron chi connectivity index (χ0n) is 12.4. The molecule has 1 unspecified atom stereocenters. The van der Waals surface area contributed by atoms with E-state index >= 15 is 0 Å². The van der Waals surface area contributed by atoms with Crippen molar-refractivity contribution in [2.24, 2.45) is 0 Å². The number of aryl methyl sites for hydroxylation is 1. The number of rotatable bonds is 6. The Bertz CT molecular complexity index is 565. The summed E-state index contributed by atoms with van der Waals surface area (Å²) in [5, 5.41) is 5.68. The van der Waals surface area contributed by atoms with Crippen LogP contribution in [-0.4, -0.2) is 20.8 Å². The molecule has 0 radical (unpaired) electrons. The van der Waals surface area contributed by atoms with E-state index in [0.29, 0.717) is 0 Å². The smallest absolute Gasteiger partial charge is 0.161 e. The maximum absolute atomic E-state index is 5.40. The highest BCUT2D eigenvalue weighted by molar-refractivity contribution is 7.10. The van der Waals surface area contributed by atoms with Crippen LogP contribution in [0.2, 0.25) is 0 Å². The Balaban J connectivity index is 2.42. The van der Waals surface area contributed by atoms with Crippen molar-refractivity contribution in [1.82, 2.24) is 5.32 Å². The molecule has 1 aromatic carbocycles. The van der Waals surface area contributed by atoms with Gasteiger partial charge >= 0.3 is 0 Å². The zero-order chi connectivity index (χ0) is 14.5. The van der Waals surface area contributed by atoms with Crippen LogP contribution < -0.4 is 14.8 Å². The van der Waals surface area contributed by atoms with Crippen LogP contribution in [0.1, 0.15) is 29.0 Å². The molecule has 1 N–H and O–H groups in total. The van der Waals surface area contributed by atoms with E-state index in [9.17, 15) is 0 Å². The quantitative estimate of drug-likeness (QED) is 0.878. The Morgan fingerprint density at radius 2 is 1.90 bits per heavy atom. The first-order chi connectivity index (χ1) is 9.71. The summed E-state index contributed by atoms with van der Waals surface area (Å²) in [5.74, 6) is 1.52. The van der Waals surface area contributed by atoms with Crippen LogP contribution in [0.25, 0.3) is 0 Å². The molecular weight excluding hydrogens is 270 g/mol. The monoisotopic (exact) mass is 291 g/mol. The first kappa shape index (κ1) is 14.9. The minimum Gasteiger partial charge on any atom is -0.493 e. The van der Waals surface area contributed by atoms with Gasteiger partial charge in [-0.15, -0.1) is 11.3 Å². The van der Waals surface area contributed by atoms with Gasteiger partial charge in [0, 0.05) is 4.88 Å². The second-order valence-corrected chi connectivity index (χ2v) is 5.66. The molecule has 0 aliphatic rings. The summed E-state index contributed by atoms with van der Waals surface area (Å²) in [6.45, 7) is 5.19. The molecule has 0 fully saturated rings. The van der Waals surface area contributed by atoms with E-state index in [1.165, 1.54) is 16.0 Å². The molecule has 1 aromatic heterocycles. The van der Waals surface area contributed by atoms with E-state index in [0.717, 1.165) is 18.0 Å². The molecule has 108 valence electrons.